The first-order valence-electron chi connectivity index (χ1n) is 5.39. The van der Waals surface area contributed by atoms with Crippen molar-refractivity contribution in [2.45, 2.75) is 24.6 Å². The second-order valence-corrected chi connectivity index (χ2v) is 5.41. The Hall–Kier alpha value is -1.29. The summed E-state index contributed by atoms with van der Waals surface area (Å²) in [6.07, 6.45) is 6.09. The maximum absolute atomic E-state index is 11.4. The van der Waals surface area contributed by atoms with E-state index in [1.165, 1.54) is 6.08 Å². The van der Waals surface area contributed by atoms with Crippen LogP contribution in [0.5, 0.6) is 0 Å². The molecule has 92 valence electrons. The van der Waals surface area contributed by atoms with E-state index in [2.05, 4.69) is 0 Å². The number of halogens is 1. The van der Waals surface area contributed by atoms with E-state index < -0.39 is 22.2 Å². The minimum absolute atomic E-state index is 0.0690. The summed E-state index contributed by atoms with van der Waals surface area (Å²) in [7, 11) is 0. The maximum Gasteiger partial charge on any atom is 0.335 e. The molecule has 0 radical (unpaired) electrons. The number of carboxylic acid groups (broad SMARTS) is 2. The van der Waals surface area contributed by atoms with E-state index in [1.54, 1.807) is 13.0 Å². The molecule has 2 atom stereocenters. The average molecular weight is 257 g/mol. The Morgan fingerprint density at radius 3 is 2.41 bits per heavy atom. The van der Waals surface area contributed by atoms with Crippen molar-refractivity contribution in [3.8, 4) is 0 Å². The van der Waals surface area contributed by atoms with Crippen molar-refractivity contribution in [2.24, 2.45) is 11.3 Å². The molecule has 5 heteroatoms. The normalized spacial score (nSPS) is 36.5. The first-order chi connectivity index (χ1) is 7.81. The van der Waals surface area contributed by atoms with E-state index in [1.807, 2.05) is 0 Å². The van der Waals surface area contributed by atoms with Crippen molar-refractivity contribution < 1.29 is 19.8 Å². The molecule has 2 rings (SSSR count). The van der Waals surface area contributed by atoms with Gasteiger partial charge in [-0.1, -0.05) is 19.1 Å². The zero-order valence-electron chi connectivity index (χ0n) is 9.31. The molecule has 2 aliphatic rings. The number of carbonyl (C=O) groups is 2. The number of aliphatic carboxylic acids is 2. The Kier molecular flexibility index (Phi) is 2.58. The molecule has 0 bridgehead atoms. The summed E-state index contributed by atoms with van der Waals surface area (Å²) in [5, 5.41) is 18.2. The summed E-state index contributed by atoms with van der Waals surface area (Å²) in [4.78, 5) is 20.6. The van der Waals surface area contributed by atoms with Crippen LogP contribution in [0, 0.1) is 11.3 Å². The van der Waals surface area contributed by atoms with Gasteiger partial charge in [0.15, 0.2) is 4.87 Å². The van der Waals surface area contributed by atoms with Crippen LogP contribution in [0.2, 0.25) is 0 Å². The summed E-state index contributed by atoms with van der Waals surface area (Å²) in [5.74, 6) is -2.15. The van der Waals surface area contributed by atoms with Crippen LogP contribution in [-0.4, -0.2) is 27.0 Å². The largest absolute Gasteiger partial charge is 0.480 e. The minimum atomic E-state index is -1.67. The van der Waals surface area contributed by atoms with Gasteiger partial charge in [-0.2, -0.15) is 0 Å². The molecule has 2 N–H and O–H groups in total. The quantitative estimate of drug-likeness (QED) is 0.758. The van der Waals surface area contributed by atoms with Gasteiger partial charge in [-0.05, 0) is 24.8 Å². The van der Waals surface area contributed by atoms with E-state index in [-0.39, 0.29) is 11.5 Å². The fraction of sp³-hybridized carbons (Fsp3) is 0.500. The molecule has 0 spiro atoms. The van der Waals surface area contributed by atoms with Crippen LogP contribution in [0.1, 0.15) is 19.8 Å². The van der Waals surface area contributed by atoms with Crippen molar-refractivity contribution in [3.63, 3.8) is 0 Å². The summed E-state index contributed by atoms with van der Waals surface area (Å²) in [6, 6.07) is 0. The molecular formula is C12H13ClO4. The lowest BCUT2D eigenvalue weighted by Crippen LogP contribution is -2.49. The summed E-state index contributed by atoms with van der Waals surface area (Å²) in [6.45, 7) is 1.78. The van der Waals surface area contributed by atoms with Gasteiger partial charge in [0.1, 0.15) is 0 Å². The third-order valence-electron chi connectivity index (χ3n) is 3.73. The van der Waals surface area contributed by atoms with E-state index in [9.17, 15) is 14.7 Å². The van der Waals surface area contributed by atoms with Gasteiger partial charge in [0.2, 0.25) is 0 Å². The number of allylic oxidation sites excluding steroid dienone is 1. The number of hydrogen-bond donors (Lipinski definition) is 2. The highest BCUT2D eigenvalue weighted by Gasteiger charge is 2.58. The smallest absolute Gasteiger partial charge is 0.335 e. The molecule has 1 saturated carbocycles. The molecule has 0 aromatic carbocycles. The Labute approximate surface area is 104 Å². The standard InChI is InChI=1S/C12H13ClO4/c1-11(8-2-3-8)5-4-7(9(14)15)6-12(11,13)10(16)17/h4-6,8H,2-3H2,1H3,(H,14,15)(H,16,17). The molecule has 17 heavy (non-hydrogen) atoms. The molecule has 4 nitrogen and oxygen atoms in total. The molecule has 0 heterocycles. The van der Waals surface area contributed by atoms with Gasteiger partial charge in [-0.3, -0.25) is 0 Å². The fourth-order valence-electron chi connectivity index (χ4n) is 2.34. The highest BCUT2D eigenvalue weighted by atomic mass is 35.5. The van der Waals surface area contributed by atoms with E-state index in [0.29, 0.717) is 0 Å². The van der Waals surface area contributed by atoms with Gasteiger partial charge >= 0.3 is 11.9 Å². The number of alkyl halides is 1. The zero-order chi connectivity index (χ0) is 12.8. The maximum atomic E-state index is 11.4. The molecular weight excluding hydrogens is 244 g/mol. The predicted molar refractivity (Wildman–Crippen MR) is 61.9 cm³/mol. The average Bonchev–Trinajstić information content (AvgIpc) is 3.05. The Balaban J connectivity index is 2.49. The van der Waals surface area contributed by atoms with Crippen molar-refractivity contribution >= 4 is 23.5 Å². The molecule has 0 saturated heterocycles. The minimum Gasteiger partial charge on any atom is -0.480 e. The van der Waals surface area contributed by atoms with Crippen LogP contribution in [0.15, 0.2) is 23.8 Å². The van der Waals surface area contributed by atoms with Crippen molar-refractivity contribution in [2.75, 3.05) is 0 Å². The summed E-state index contributed by atoms with van der Waals surface area (Å²) >= 11 is 6.20. The summed E-state index contributed by atoms with van der Waals surface area (Å²) < 4.78 is 0. The van der Waals surface area contributed by atoms with Gasteiger partial charge in [-0.15, -0.1) is 11.6 Å². The topological polar surface area (TPSA) is 74.6 Å². The highest BCUT2D eigenvalue weighted by molar-refractivity contribution is 6.36. The molecule has 2 aliphatic carbocycles. The van der Waals surface area contributed by atoms with Gasteiger partial charge in [-0.25, -0.2) is 9.59 Å². The third kappa shape index (κ3) is 1.67. The van der Waals surface area contributed by atoms with Crippen molar-refractivity contribution in [3.05, 3.63) is 23.8 Å². The highest BCUT2D eigenvalue weighted by Crippen LogP contribution is 2.57. The van der Waals surface area contributed by atoms with E-state index in [0.717, 1.165) is 18.9 Å². The Morgan fingerprint density at radius 2 is 2.00 bits per heavy atom. The predicted octanol–water partition coefficient (Wildman–Crippen LogP) is 2.05. The molecule has 0 aromatic heterocycles. The number of rotatable bonds is 3. The second kappa shape index (κ2) is 3.60. The van der Waals surface area contributed by atoms with Gasteiger partial charge in [0, 0.05) is 5.41 Å². The Bertz CT molecular complexity index is 449. The van der Waals surface area contributed by atoms with E-state index in [4.69, 9.17) is 16.7 Å². The van der Waals surface area contributed by atoms with Crippen LogP contribution in [-0.2, 0) is 9.59 Å². The number of carboxylic acids is 2. The fourth-order valence-corrected chi connectivity index (χ4v) is 2.68. The van der Waals surface area contributed by atoms with Gasteiger partial charge in [0.25, 0.3) is 0 Å². The monoisotopic (exact) mass is 256 g/mol. The lowest BCUT2D eigenvalue weighted by molar-refractivity contribution is -0.141. The van der Waals surface area contributed by atoms with Crippen molar-refractivity contribution in [1.29, 1.82) is 0 Å². The molecule has 0 aromatic rings. The first kappa shape index (κ1) is 12.2. The lowest BCUT2D eigenvalue weighted by atomic mass is 9.68. The number of hydrogen-bond acceptors (Lipinski definition) is 2. The SMILES string of the molecule is CC1(C2CC2)C=CC(C(=O)O)=CC1(Cl)C(=O)O. The van der Waals surface area contributed by atoms with Gasteiger partial charge in [0.05, 0.1) is 5.57 Å². The van der Waals surface area contributed by atoms with Crippen LogP contribution in [0.3, 0.4) is 0 Å². The molecule has 1 fully saturated rings. The summed E-state index contributed by atoms with van der Waals surface area (Å²) in [5.41, 5.74) is -0.792. The van der Waals surface area contributed by atoms with Crippen LogP contribution >= 0.6 is 11.6 Å². The molecule has 0 aliphatic heterocycles. The van der Waals surface area contributed by atoms with Crippen LogP contribution < -0.4 is 0 Å². The van der Waals surface area contributed by atoms with Crippen LogP contribution in [0.4, 0.5) is 0 Å². The second-order valence-electron chi connectivity index (χ2n) is 4.81. The third-order valence-corrected chi connectivity index (χ3v) is 4.41. The van der Waals surface area contributed by atoms with Crippen LogP contribution in [0.25, 0.3) is 0 Å². The molecule has 0 amide bonds. The Morgan fingerprint density at radius 1 is 1.41 bits per heavy atom. The zero-order valence-corrected chi connectivity index (χ0v) is 10.1. The lowest BCUT2D eigenvalue weighted by Gasteiger charge is -2.40. The molecule has 2 unspecified atom stereocenters. The van der Waals surface area contributed by atoms with Crippen molar-refractivity contribution in [1.82, 2.24) is 0 Å². The first-order valence-corrected chi connectivity index (χ1v) is 5.77. The van der Waals surface area contributed by atoms with E-state index >= 15 is 0 Å². The van der Waals surface area contributed by atoms with Gasteiger partial charge < -0.3 is 10.2 Å².